The predicted molar refractivity (Wildman–Crippen MR) is 280 cm³/mol. The van der Waals surface area contributed by atoms with E-state index in [0.717, 1.165) is 69.8 Å². The average molecular weight is 986 g/mol. The van der Waals surface area contributed by atoms with E-state index in [1.807, 2.05) is 87.5 Å². The maximum atomic E-state index is 12.8. The Labute approximate surface area is 425 Å². The summed E-state index contributed by atoms with van der Waals surface area (Å²) in [6.07, 6.45) is 23.5. The Morgan fingerprint density at radius 1 is 0.493 bits per heavy atom. The van der Waals surface area contributed by atoms with Gasteiger partial charge in [0.15, 0.2) is 0 Å². The van der Waals surface area contributed by atoms with Gasteiger partial charge in [-0.15, -0.1) is 0 Å². The summed E-state index contributed by atoms with van der Waals surface area (Å²) in [4.78, 5) is 71.6. The van der Waals surface area contributed by atoms with Gasteiger partial charge in [-0.1, -0.05) is 144 Å². The van der Waals surface area contributed by atoms with Crippen molar-refractivity contribution in [3.05, 3.63) is 107 Å². The van der Waals surface area contributed by atoms with Crippen molar-refractivity contribution in [2.75, 3.05) is 7.11 Å². The van der Waals surface area contributed by atoms with Crippen LogP contribution in [-0.4, -0.2) is 65.2 Å². The predicted octanol–water partition coefficient (Wildman–Crippen LogP) is 13.4. The van der Waals surface area contributed by atoms with E-state index < -0.39 is 35.2 Å². The van der Waals surface area contributed by atoms with Crippen LogP contribution in [0.4, 0.5) is 0 Å². The summed E-state index contributed by atoms with van der Waals surface area (Å²) >= 11 is 0. The highest BCUT2D eigenvalue weighted by Gasteiger charge is 2.27. The minimum Gasteiger partial charge on any atom is -0.478 e. The minimum absolute atomic E-state index is 0.0000307. The van der Waals surface area contributed by atoms with Crippen LogP contribution in [0.15, 0.2) is 78.9 Å². The van der Waals surface area contributed by atoms with E-state index in [-0.39, 0.29) is 37.3 Å². The van der Waals surface area contributed by atoms with Gasteiger partial charge in [0.05, 0.1) is 18.2 Å². The molecular formula is C59H87NO11. The molecule has 0 fully saturated rings. The lowest BCUT2D eigenvalue weighted by atomic mass is 10.0. The molecule has 1 atom stereocenters. The van der Waals surface area contributed by atoms with E-state index in [1.165, 1.54) is 82.4 Å². The molecule has 0 bridgehead atoms. The van der Waals surface area contributed by atoms with E-state index in [9.17, 15) is 28.8 Å². The second-order valence-electron chi connectivity index (χ2n) is 20.5. The third kappa shape index (κ3) is 32.2. The highest BCUT2D eigenvalue weighted by Crippen LogP contribution is 2.18. The Bertz CT molecular complexity index is 1970. The average Bonchev–Trinajstić information content (AvgIpc) is 3.32. The first-order chi connectivity index (χ1) is 33.8. The number of benzene rings is 3. The number of hydrogen-bond donors (Lipinski definition) is 2. The summed E-state index contributed by atoms with van der Waals surface area (Å²) in [5, 5.41) is 11.6. The summed E-state index contributed by atoms with van der Waals surface area (Å²) in [6.45, 7) is 11.1. The van der Waals surface area contributed by atoms with Gasteiger partial charge in [-0.25, -0.2) is 14.4 Å². The molecule has 0 radical (unpaired) electrons. The fourth-order valence-electron chi connectivity index (χ4n) is 7.71. The van der Waals surface area contributed by atoms with Crippen LogP contribution in [0.25, 0.3) is 0 Å². The normalized spacial score (nSPS) is 11.6. The molecule has 71 heavy (non-hydrogen) atoms. The van der Waals surface area contributed by atoms with Crippen LogP contribution in [0.3, 0.4) is 0 Å². The van der Waals surface area contributed by atoms with Gasteiger partial charge >= 0.3 is 29.8 Å². The molecule has 0 spiro atoms. The van der Waals surface area contributed by atoms with E-state index >= 15 is 0 Å². The highest BCUT2D eigenvalue weighted by atomic mass is 16.6. The summed E-state index contributed by atoms with van der Waals surface area (Å²) in [5.41, 5.74) is 3.07. The zero-order valence-corrected chi connectivity index (χ0v) is 44.3. The Hall–Kier alpha value is -5.52. The number of carboxylic acids is 1. The molecule has 0 aliphatic heterocycles. The monoisotopic (exact) mass is 986 g/mol. The molecule has 0 heterocycles. The van der Waals surface area contributed by atoms with E-state index in [0.29, 0.717) is 24.0 Å². The largest absolute Gasteiger partial charge is 0.478 e. The molecule has 0 aliphatic rings. The lowest BCUT2D eigenvalue weighted by Crippen LogP contribution is -2.44. The summed E-state index contributed by atoms with van der Waals surface area (Å²) in [7, 11) is 1.44. The molecular weight excluding hydrogens is 899 g/mol. The maximum absolute atomic E-state index is 12.8. The molecule has 0 saturated carbocycles. The zero-order valence-electron chi connectivity index (χ0n) is 44.3. The van der Waals surface area contributed by atoms with Crippen molar-refractivity contribution in [2.24, 2.45) is 0 Å². The zero-order chi connectivity index (χ0) is 52.3. The maximum Gasteiger partial charge on any atom is 0.338 e. The number of aromatic carboxylic acids is 1. The van der Waals surface area contributed by atoms with Crippen molar-refractivity contribution in [2.45, 2.75) is 219 Å². The van der Waals surface area contributed by atoms with Gasteiger partial charge in [-0.2, -0.15) is 0 Å². The fraction of sp³-hybridized carbons (Fsp3) is 0.593. The second-order valence-corrected chi connectivity index (χ2v) is 20.5. The quantitative estimate of drug-likeness (QED) is 0.0338. The fourth-order valence-corrected chi connectivity index (χ4v) is 7.71. The topological polar surface area (TPSA) is 172 Å². The molecule has 3 aromatic rings. The number of rotatable bonds is 33. The number of aryl methyl sites for hydroxylation is 2. The van der Waals surface area contributed by atoms with Crippen LogP contribution in [0.5, 0.6) is 0 Å². The van der Waals surface area contributed by atoms with Crippen molar-refractivity contribution >= 4 is 35.8 Å². The third-order valence-corrected chi connectivity index (χ3v) is 11.6. The Kier molecular flexibility index (Phi) is 30.9. The molecule has 12 nitrogen and oxygen atoms in total. The number of ether oxygens (including phenoxy) is 4. The van der Waals surface area contributed by atoms with Crippen molar-refractivity contribution < 1.29 is 52.8 Å². The first kappa shape index (κ1) is 61.6. The summed E-state index contributed by atoms with van der Waals surface area (Å²) < 4.78 is 20.9. The molecule has 0 saturated heterocycles. The van der Waals surface area contributed by atoms with Gasteiger partial charge in [0.25, 0.3) is 0 Å². The molecule has 2 N–H and O–H groups in total. The standard InChI is InChI=1S/C39H57NO7.C20H30O4/c1-38(2,3)46-36(43)32-25-23-30(24-26-32)19-15-12-10-8-7-9-11-13-18-22-34(41)40-33(37(44)47-39(4,5)6)27-28-35(42)45-29-31-20-16-14-17-21-31;1-24-19(21)12-10-8-6-4-2-3-5-7-9-11-17-13-15-18(16-14-17)20(22)23/h14,16-17,20-21,23-26,33H,7-13,15,18-19,22,27-29H2,1-6H3,(H,40,41);13-16H,2-12H2,1H3,(H,22,23)/t33-;/m0./s1. The first-order valence-electron chi connectivity index (χ1n) is 26.3. The lowest BCUT2D eigenvalue weighted by Gasteiger charge is -2.24. The molecule has 0 aromatic heterocycles. The van der Waals surface area contributed by atoms with Crippen molar-refractivity contribution in [1.82, 2.24) is 5.32 Å². The Balaban J connectivity index is 0.000000603. The van der Waals surface area contributed by atoms with E-state index in [2.05, 4.69) is 10.1 Å². The molecule has 0 unspecified atom stereocenters. The Morgan fingerprint density at radius 2 is 0.930 bits per heavy atom. The molecule has 12 heteroatoms. The smallest absolute Gasteiger partial charge is 0.338 e. The third-order valence-electron chi connectivity index (χ3n) is 11.6. The Morgan fingerprint density at radius 3 is 1.38 bits per heavy atom. The van der Waals surface area contributed by atoms with Crippen molar-refractivity contribution in [3.63, 3.8) is 0 Å². The molecule has 394 valence electrons. The summed E-state index contributed by atoms with van der Waals surface area (Å²) in [6, 6.07) is 23.4. The van der Waals surface area contributed by atoms with Crippen LogP contribution < -0.4 is 5.32 Å². The number of methoxy groups -OCH3 is 1. The van der Waals surface area contributed by atoms with Gasteiger partial charge in [-0.3, -0.25) is 14.4 Å². The number of esters is 4. The number of carbonyl (C=O) groups is 6. The molecule has 0 aliphatic carbocycles. The molecule has 3 rings (SSSR count). The van der Waals surface area contributed by atoms with Crippen LogP contribution in [0, 0.1) is 0 Å². The van der Waals surface area contributed by atoms with Crippen LogP contribution in [0.1, 0.15) is 220 Å². The first-order valence-corrected chi connectivity index (χ1v) is 26.3. The number of hydrogen-bond acceptors (Lipinski definition) is 10. The van der Waals surface area contributed by atoms with Crippen LogP contribution in [0.2, 0.25) is 0 Å². The van der Waals surface area contributed by atoms with Gasteiger partial charge in [0, 0.05) is 19.3 Å². The number of carbonyl (C=O) groups excluding carboxylic acids is 5. The number of unbranched alkanes of at least 4 members (excludes halogenated alkanes) is 16. The SMILES string of the molecule is CC(C)(C)OC(=O)c1ccc(CCCCCCCCCCCC(=O)N[C@@H](CCC(=O)OCc2ccccc2)C(=O)OC(C)(C)C)cc1.COC(=O)CCCCCCCCCCCc1ccc(C(=O)O)cc1. The second kappa shape index (κ2) is 35.6. The van der Waals surface area contributed by atoms with Crippen LogP contribution in [-0.2, 0) is 57.6 Å². The van der Waals surface area contributed by atoms with Gasteiger partial charge < -0.3 is 29.4 Å². The molecule has 3 aromatic carbocycles. The molecule has 1 amide bonds. The van der Waals surface area contributed by atoms with Crippen molar-refractivity contribution in [1.29, 1.82) is 0 Å². The highest BCUT2D eigenvalue weighted by molar-refractivity contribution is 5.89. The number of nitrogens with one attached hydrogen (secondary N) is 1. The number of amides is 1. The summed E-state index contributed by atoms with van der Waals surface area (Å²) in [5.74, 6) is -2.44. The van der Waals surface area contributed by atoms with Gasteiger partial charge in [0.1, 0.15) is 23.9 Å². The van der Waals surface area contributed by atoms with E-state index in [1.54, 1.807) is 32.9 Å². The van der Waals surface area contributed by atoms with E-state index in [4.69, 9.17) is 19.3 Å². The van der Waals surface area contributed by atoms with Crippen molar-refractivity contribution in [3.8, 4) is 0 Å². The minimum atomic E-state index is -0.900. The van der Waals surface area contributed by atoms with Gasteiger partial charge in [-0.05, 0) is 127 Å². The van der Waals surface area contributed by atoms with Crippen LogP contribution >= 0.6 is 0 Å². The lowest BCUT2D eigenvalue weighted by molar-refractivity contribution is -0.159. The number of carboxylic acid groups (broad SMARTS) is 1. The van der Waals surface area contributed by atoms with Gasteiger partial charge in [0.2, 0.25) is 5.91 Å².